The molecular weight excluding hydrogens is 1880 g/mol. The second kappa shape index (κ2) is 49.2. The molecule has 0 spiro atoms. The number of carboxylic acid groups (broad SMARTS) is 2. The Bertz CT molecular complexity index is 6830. The van der Waals surface area contributed by atoms with E-state index >= 15 is 0 Å². The minimum atomic E-state index is -3.46. The summed E-state index contributed by atoms with van der Waals surface area (Å²) in [5, 5.41) is 20.2. The Morgan fingerprint density at radius 1 is 0.433 bits per heavy atom. The molecule has 0 bridgehead atoms. The predicted octanol–water partition coefficient (Wildman–Crippen LogP) is 22.4. The van der Waals surface area contributed by atoms with E-state index in [1.54, 1.807) is 247 Å². The Balaban J connectivity index is 0.000000164. The molecule has 1 unspecified atom stereocenters. The van der Waals surface area contributed by atoms with E-state index in [9.17, 15) is 77.0 Å². The minimum absolute atomic E-state index is 0.00224. The summed E-state index contributed by atoms with van der Waals surface area (Å²) in [5.74, 6) is -3.54. The standard InChI is InChI=1S/C18H16FN3O2.C17H14FN3O2.C16H12FN3O2.C15H14FIO2S.C15H13FO2S.C13H12FNO2.C8H7F/c1-2-24-18(23)17-15(13-4-6-14(19)7-5-13)8-11-22(17)12-16-20-9-3-10-21-16;1-11-9-14(12-3-5-13(18)6-4-12)16(17(22)23)21(11)10-15-19-7-2-8-20-15;17-12-4-2-11(3-5-12)13-6-9-20(15(13)16(21)22)10-14-18-7-1-8-19-14;1-11-2-8-14(9-3-11)20(18,19)10-15(17)12-4-6-13(16)7-5-12;1-12-2-8-15(9-3-12)19(17,18)11-10-13-4-6-14(16)7-5-13;1-2-17-13(16)12-11(7-8-15-12)9-3-5-10(14)6-4-9;1-2-7-3-5-8(9)6-4-7/h3-11H,2,12H2,1H3;2-9H,10H2,1H3,(H,22,23);1-9H,10H2,(H,21,22);2-9,15H,10H2,1H3;2-11H,1H3;3-8,15H,2H2,1H3;2-6H,1H2/b;;;;11-10+;;. The first kappa shape index (κ1) is 101. The Morgan fingerprint density at radius 2 is 0.791 bits per heavy atom. The van der Waals surface area contributed by atoms with Gasteiger partial charge in [-0.25, -0.2) is 96.7 Å². The number of aromatic amines is 1. The number of H-pyrrole nitrogens is 1. The van der Waals surface area contributed by atoms with Gasteiger partial charge in [0.05, 0.1) is 52.3 Å². The lowest BCUT2D eigenvalue weighted by atomic mass is 10.1. The number of esters is 2. The van der Waals surface area contributed by atoms with E-state index in [-0.39, 0.29) is 86.4 Å². The molecular formula is C102H88F7IN10O12S2. The summed E-state index contributed by atoms with van der Waals surface area (Å²) in [4.78, 5) is 75.6. The third-order valence-corrected chi connectivity index (χ3v) is 24.4. The number of alkyl halides is 1. The Kier molecular flexibility index (Phi) is 37.1. The molecule has 1 atom stereocenters. The average Bonchev–Trinajstić information content (AvgIpc) is 1.64. The van der Waals surface area contributed by atoms with Gasteiger partial charge in [0.15, 0.2) is 19.7 Å². The van der Waals surface area contributed by atoms with Crippen molar-refractivity contribution in [2.45, 2.75) is 68.0 Å². The monoisotopic (exact) mass is 1970 g/mol. The Labute approximate surface area is 782 Å². The highest BCUT2D eigenvalue weighted by Gasteiger charge is 2.26. The Hall–Kier alpha value is -15.2. The number of halogens is 8. The number of carboxylic acids is 2. The number of sulfone groups is 2. The molecule has 22 nitrogen and oxygen atoms in total. The quantitative estimate of drug-likeness (QED) is 0.0219. The number of hydrogen-bond acceptors (Lipinski definition) is 16. The van der Waals surface area contributed by atoms with E-state index in [2.05, 4.69) is 64.1 Å². The van der Waals surface area contributed by atoms with Gasteiger partial charge in [0.25, 0.3) is 0 Å². The van der Waals surface area contributed by atoms with Crippen molar-refractivity contribution in [2.24, 2.45) is 0 Å². The van der Waals surface area contributed by atoms with E-state index in [0.717, 1.165) is 44.5 Å². The fourth-order valence-electron chi connectivity index (χ4n) is 12.8. The van der Waals surface area contributed by atoms with Crippen molar-refractivity contribution >= 4 is 78.3 Å². The highest BCUT2D eigenvalue weighted by Crippen LogP contribution is 2.33. The molecule has 0 fully saturated rings. The zero-order valence-electron chi connectivity index (χ0n) is 72.6. The number of aromatic nitrogens is 10. The van der Waals surface area contributed by atoms with Gasteiger partial charge >= 0.3 is 23.9 Å². The summed E-state index contributed by atoms with van der Waals surface area (Å²) >= 11 is 2.08. The van der Waals surface area contributed by atoms with Crippen LogP contribution in [0.2, 0.25) is 0 Å². The zero-order chi connectivity index (χ0) is 96.4. The van der Waals surface area contributed by atoms with Crippen LogP contribution < -0.4 is 0 Å². The average molecular weight is 1970 g/mol. The van der Waals surface area contributed by atoms with Crippen molar-refractivity contribution in [2.75, 3.05) is 19.0 Å². The first-order chi connectivity index (χ1) is 64.3. The largest absolute Gasteiger partial charge is 0.477 e. The van der Waals surface area contributed by atoms with Gasteiger partial charge in [-0.05, 0) is 231 Å². The highest BCUT2D eigenvalue weighted by molar-refractivity contribution is 14.1. The maximum Gasteiger partial charge on any atom is 0.355 e. The molecule has 9 aromatic carbocycles. The van der Waals surface area contributed by atoms with Crippen LogP contribution in [0.15, 0.2) is 338 Å². The molecule has 0 aliphatic carbocycles. The van der Waals surface area contributed by atoms with Crippen LogP contribution in [-0.2, 0) is 48.8 Å². The van der Waals surface area contributed by atoms with Crippen molar-refractivity contribution in [3.8, 4) is 44.5 Å². The number of carbonyl (C=O) groups excluding carboxylic acids is 2. The summed E-state index contributed by atoms with van der Waals surface area (Å²) in [7, 11) is -6.80. The second-order valence-electron chi connectivity index (χ2n) is 29.0. The van der Waals surface area contributed by atoms with E-state index in [4.69, 9.17) is 9.47 Å². The molecule has 16 aromatic rings. The molecule has 0 amide bonds. The van der Waals surface area contributed by atoms with Crippen LogP contribution >= 0.6 is 22.6 Å². The molecule has 7 aromatic heterocycles. The number of nitrogens with one attached hydrogen (secondary N) is 1. The lowest BCUT2D eigenvalue weighted by Crippen LogP contribution is -2.14. The van der Waals surface area contributed by atoms with Crippen molar-refractivity contribution < 1.29 is 86.4 Å². The summed E-state index contributed by atoms with van der Waals surface area (Å²) in [6.45, 7) is 14.1. The number of carbonyl (C=O) groups is 4. The summed E-state index contributed by atoms with van der Waals surface area (Å²) < 4.78 is 153. The van der Waals surface area contributed by atoms with Crippen LogP contribution in [-0.4, -0.2) is 118 Å². The van der Waals surface area contributed by atoms with Gasteiger partial charge in [-0.2, -0.15) is 0 Å². The van der Waals surface area contributed by atoms with Crippen LogP contribution in [0.3, 0.4) is 0 Å². The van der Waals surface area contributed by atoms with Crippen LogP contribution in [0.1, 0.15) is 111 Å². The molecule has 0 saturated heterocycles. The second-order valence-corrected chi connectivity index (χ2v) is 34.3. The molecule has 686 valence electrons. The molecule has 134 heavy (non-hydrogen) atoms. The fourth-order valence-corrected chi connectivity index (χ4v) is 17.0. The van der Waals surface area contributed by atoms with Gasteiger partial charge in [0.2, 0.25) is 0 Å². The lowest BCUT2D eigenvalue weighted by Gasteiger charge is -2.11. The van der Waals surface area contributed by atoms with Crippen LogP contribution in [0.5, 0.6) is 0 Å². The number of aryl methyl sites for hydroxylation is 3. The highest BCUT2D eigenvalue weighted by atomic mass is 127. The summed E-state index contributed by atoms with van der Waals surface area (Å²) in [5.41, 5.74) is 11.5. The number of hydrogen-bond donors (Lipinski definition) is 3. The van der Waals surface area contributed by atoms with Gasteiger partial charge in [-0.1, -0.05) is 156 Å². The molecule has 3 N–H and O–H groups in total. The topological polar surface area (TPSA) is 303 Å². The number of nitrogens with zero attached hydrogens (tertiary/aromatic N) is 9. The van der Waals surface area contributed by atoms with Crippen molar-refractivity contribution in [1.29, 1.82) is 0 Å². The first-order valence-corrected chi connectivity index (χ1v) is 45.4. The third-order valence-electron chi connectivity index (χ3n) is 19.5. The number of ether oxygens (including phenoxy) is 2. The molecule has 7 heterocycles. The fraction of sp³-hybridized carbons (Fsp3) is 0.118. The van der Waals surface area contributed by atoms with Crippen molar-refractivity contribution in [3.05, 3.63) is 443 Å². The van der Waals surface area contributed by atoms with Crippen molar-refractivity contribution in [1.82, 2.24) is 48.6 Å². The van der Waals surface area contributed by atoms with Gasteiger partial charge in [-0.3, -0.25) is 0 Å². The maximum atomic E-state index is 13.2. The van der Waals surface area contributed by atoms with E-state index in [1.165, 1.54) is 103 Å². The van der Waals surface area contributed by atoms with Gasteiger partial charge in [-0.15, -0.1) is 0 Å². The smallest absolute Gasteiger partial charge is 0.355 e. The number of benzene rings is 9. The molecule has 0 aliphatic heterocycles. The number of aromatic carboxylic acids is 2. The Morgan fingerprint density at radius 3 is 1.20 bits per heavy atom. The first-order valence-electron chi connectivity index (χ1n) is 41.0. The normalized spacial score (nSPS) is 11.0. The van der Waals surface area contributed by atoms with E-state index in [0.29, 0.717) is 85.9 Å². The van der Waals surface area contributed by atoms with Gasteiger partial charge < -0.3 is 38.4 Å². The van der Waals surface area contributed by atoms with Crippen LogP contribution in [0.25, 0.3) is 56.7 Å². The van der Waals surface area contributed by atoms with Crippen LogP contribution in [0.4, 0.5) is 30.7 Å². The lowest BCUT2D eigenvalue weighted by molar-refractivity contribution is 0.0508. The third kappa shape index (κ3) is 29.7. The van der Waals surface area contributed by atoms with E-state index in [1.807, 2.05) is 26.8 Å². The molecule has 0 radical (unpaired) electrons. The predicted molar refractivity (Wildman–Crippen MR) is 506 cm³/mol. The van der Waals surface area contributed by atoms with Crippen molar-refractivity contribution in [3.63, 3.8) is 0 Å². The minimum Gasteiger partial charge on any atom is -0.477 e. The molecule has 32 heteroatoms. The maximum absolute atomic E-state index is 13.2. The summed E-state index contributed by atoms with van der Waals surface area (Å²) in [6.07, 6.45) is 18.0. The summed E-state index contributed by atoms with van der Waals surface area (Å²) in [6, 6.07) is 66.8. The molecule has 0 saturated carbocycles. The van der Waals surface area contributed by atoms with Gasteiger partial charge in [0.1, 0.15) is 81.0 Å². The van der Waals surface area contributed by atoms with Gasteiger partial charge in [0, 0.05) is 89.1 Å². The number of rotatable bonds is 24. The molecule has 0 aliphatic rings. The van der Waals surface area contributed by atoms with E-state index < -0.39 is 43.6 Å². The zero-order valence-corrected chi connectivity index (χ0v) is 76.4. The van der Waals surface area contributed by atoms with Crippen LogP contribution in [0, 0.1) is 61.5 Å². The SMILES string of the molecule is C=Cc1ccc(F)cc1.CCOC(=O)c1[nH]ccc1-c1ccc(F)cc1.CCOC(=O)c1c(-c2ccc(F)cc2)ccn1Cc1ncccn1.Cc1cc(-c2ccc(F)cc2)c(C(=O)O)n1Cc1ncccn1.Cc1ccc(S(=O)(=O)/C=C/c2ccc(F)cc2)cc1.Cc1ccc(S(=O)(=O)CC(I)c2ccc(F)cc2)cc1.O=C(O)c1c(-c2ccc(F)cc2)ccn1Cc1ncccn1. The molecule has 16 rings (SSSR count).